The van der Waals surface area contributed by atoms with Gasteiger partial charge < -0.3 is 10.6 Å². The van der Waals surface area contributed by atoms with E-state index in [4.69, 9.17) is 0 Å². The Morgan fingerprint density at radius 1 is 1.12 bits per heavy atom. The van der Waals surface area contributed by atoms with Crippen LogP contribution in [0.4, 0.5) is 0 Å². The van der Waals surface area contributed by atoms with Crippen molar-refractivity contribution in [2.24, 2.45) is 0 Å². The van der Waals surface area contributed by atoms with Crippen LogP contribution in [0.1, 0.15) is 55.5 Å². The van der Waals surface area contributed by atoms with Gasteiger partial charge >= 0.3 is 0 Å². The van der Waals surface area contributed by atoms with Crippen LogP contribution >= 0.6 is 11.3 Å². The Labute approximate surface area is 148 Å². The van der Waals surface area contributed by atoms with Crippen molar-refractivity contribution in [1.29, 1.82) is 0 Å². The molecule has 0 radical (unpaired) electrons. The van der Waals surface area contributed by atoms with Gasteiger partial charge in [0.1, 0.15) is 6.04 Å². The molecule has 1 aromatic heterocycles. The van der Waals surface area contributed by atoms with Crippen LogP contribution in [-0.4, -0.2) is 18.0 Å². The highest BCUT2D eigenvalue weighted by molar-refractivity contribution is 7.10. The molecule has 3 rings (SSSR count). The van der Waals surface area contributed by atoms with Gasteiger partial charge in [-0.2, -0.15) is 0 Å². The maximum atomic E-state index is 12.6. The third-order valence-electron chi connectivity index (χ3n) is 4.85. The Balaban J connectivity index is 1.66. The average Bonchev–Trinajstić information content (AvgIpc) is 3.15. The molecule has 0 spiro atoms. The van der Waals surface area contributed by atoms with Crippen molar-refractivity contribution in [1.82, 2.24) is 5.32 Å². The molecule has 1 aliphatic rings. The van der Waals surface area contributed by atoms with Gasteiger partial charge in [-0.05, 0) is 31.2 Å². The topological polar surface area (TPSA) is 45.7 Å². The minimum absolute atomic E-state index is 0.0979. The zero-order chi connectivity index (χ0) is 16.8. The minimum atomic E-state index is -0.0979. The maximum Gasteiger partial charge on any atom is 0.278 e. The lowest BCUT2D eigenvalue weighted by Crippen LogP contribution is -2.92. The van der Waals surface area contributed by atoms with Gasteiger partial charge in [0.2, 0.25) is 0 Å². The van der Waals surface area contributed by atoms with Crippen molar-refractivity contribution in [3.63, 3.8) is 0 Å². The molecule has 0 unspecified atom stereocenters. The molecular formula is C20H27N2OS+. The van der Waals surface area contributed by atoms with E-state index in [0.29, 0.717) is 6.04 Å². The van der Waals surface area contributed by atoms with E-state index >= 15 is 0 Å². The number of quaternary nitrogens is 1. The van der Waals surface area contributed by atoms with Gasteiger partial charge in [0.15, 0.2) is 6.04 Å². The van der Waals surface area contributed by atoms with Crippen molar-refractivity contribution in [3.8, 4) is 0 Å². The van der Waals surface area contributed by atoms with E-state index in [2.05, 4.69) is 52.4 Å². The molecule has 1 amide bonds. The Kier molecular flexibility index (Phi) is 6.05. The van der Waals surface area contributed by atoms with E-state index in [9.17, 15) is 4.79 Å². The molecule has 3 nitrogen and oxygen atoms in total. The van der Waals surface area contributed by atoms with Crippen LogP contribution in [0.5, 0.6) is 0 Å². The molecule has 1 heterocycles. The Morgan fingerprint density at radius 2 is 1.88 bits per heavy atom. The Bertz CT molecular complexity index is 620. The summed E-state index contributed by atoms with van der Waals surface area (Å²) < 4.78 is 0. The fraction of sp³-hybridized carbons (Fsp3) is 0.450. The highest BCUT2D eigenvalue weighted by Gasteiger charge is 2.27. The van der Waals surface area contributed by atoms with Crippen LogP contribution in [-0.2, 0) is 4.79 Å². The number of thiophene rings is 1. The average molecular weight is 344 g/mol. The summed E-state index contributed by atoms with van der Waals surface area (Å²) in [5.41, 5.74) is 1.25. The second-order valence-corrected chi connectivity index (χ2v) is 7.71. The number of rotatable bonds is 6. The first-order valence-electron chi connectivity index (χ1n) is 8.98. The van der Waals surface area contributed by atoms with Gasteiger partial charge in [0.25, 0.3) is 5.91 Å². The van der Waals surface area contributed by atoms with E-state index < -0.39 is 0 Å². The lowest BCUT2D eigenvalue weighted by Gasteiger charge is -2.25. The Morgan fingerprint density at radius 3 is 2.54 bits per heavy atom. The van der Waals surface area contributed by atoms with Crippen molar-refractivity contribution in [2.75, 3.05) is 0 Å². The van der Waals surface area contributed by atoms with E-state index in [1.54, 1.807) is 11.3 Å². The van der Waals surface area contributed by atoms with Crippen LogP contribution in [0.15, 0.2) is 47.8 Å². The molecule has 0 saturated heterocycles. The number of carbonyl (C=O) groups is 1. The van der Waals surface area contributed by atoms with Crippen LogP contribution in [0.3, 0.4) is 0 Å². The molecule has 1 saturated carbocycles. The van der Waals surface area contributed by atoms with Gasteiger partial charge in [-0.25, -0.2) is 0 Å². The fourth-order valence-corrected chi connectivity index (χ4v) is 4.29. The van der Waals surface area contributed by atoms with Crippen LogP contribution < -0.4 is 10.6 Å². The van der Waals surface area contributed by atoms with Gasteiger partial charge in [-0.15, -0.1) is 11.3 Å². The predicted molar refractivity (Wildman–Crippen MR) is 99.0 cm³/mol. The smallest absolute Gasteiger partial charge is 0.278 e. The van der Waals surface area contributed by atoms with Crippen LogP contribution in [0.25, 0.3) is 0 Å². The largest absolute Gasteiger partial charge is 0.348 e. The molecule has 1 aliphatic carbocycles. The highest BCUT2D eigenvalue weighted by atomic mass is 32.1. The third kappa shape index (κ3) is 4.46. The molecule has 3 N–H and O–H groups in total. The number of amides is 1. The maximum absolute atomic E-state index is 12.6. The SMILES string of the molecule is C[C@@H]([NH2+][C@@H](c1ccccc1)c1cccs1)C(=O)NC1CCCCC1. The molecule has 1 fully saturated rings. The standard InChI is InChI=1S/C20H26N2OS/c1-15(20(23)22-17-11-6-3-7-12-17)21-19(18-13-8-14-24-18)16-9-4-2-5-10-16/h2,4-5,8-10,13-15,17,19,21H,3,6-7,11-12H2,1H3,(H,22,23)/p+1/t15-,19+/m1/s1. The molecule has 1 aromatic carbocycles. The van der Waals surface area contributed by atoms with Gasteiger partial charge in [-0.3, -0.25) is 4.79 Å². The summed E-state index contributed by atoms with van der Waals surface area (Å²) in [6.07, 6.45) is 6.05. The summed E-state index contributed by atoms with van der Waals surface area (Å²) in [4.78, 5) is 13.9. The lowest BCUT2D eigenvalue weighted by atomic mass is 9.95. The van der Waals surface area contributed by atoms with E-state index in [1.165, 1.54) is 29.7 Å². The summed E-state index contributed by atoms with van der Waals surface area (Å²) in [5.74, 6) is 0.166. The Hall–Kier alpha value is -1.65. The van der Waals surface area contributed by atoms with Crippen LogP contribution in [0.2, 0.25) is 0 Å². The first-order chi connectivity index (χ1) is 11.7. The number of nitrogens with two attached hydrogens (primary N) is 1. The zero-order valence-corrected chi connectivity index (χ0v) is 15.1. The first-order valence-corrected chi connectivity index (χ1v) is 9.85. The van der Waals surface area contributed by atoms with Crippen molar-refractivity contribution >= 4 is 17.2 Å². The van der Waals surface area contributed by atoms with Gasteiger partial charge in [-0.1, -0.05) is 55.7 Å². The molecule has 128 valence electrons. The monoisotopic (exact) mass is 343 g/mol. The predicted octanol–water partition coefficient (Wildman–Crippen LogP) is 3.24. The summed E-state index contributed by atoms with van der Waals surface area (Å²) in [6.45, 7) is 2.02. The molecule has 4 heteroatoms. The van der Waals surface area contributed by atoms with Crippen LogP contribution in [0, 0.1) is 0 Å². The fourth-order valence-electron chi connectivity index (χ4n) is 3.45. The quantitative estimate of drug-likeness (QED) is 0.831. The number of nitrogens with one attached hydrogen (secondary N) is 1. The molecular weight excluding hydrogens is 316 g/mol. The minimum Gasteiger partial charge on any atom is -0.348 e. The summed E-state index contributed by atoms with van der Waals surface area (Å²) in [7, 11) is 0. The second kappa shape index (κ2) is 8.45. The van der Waals surface area contributed by atoms with E-state index in [0.717, 1.165) is 12.8 Å². The lowest BCUT2D eigenvalue weighted by molar-refractivity contribution is -0.704. The first kappa shape index (κ1) is 17.2. The second-order valence-electron chi connectivity index (χ2n) is 6.73. The summed E-state index contributed by atoms with van der Waals surface area (Å²) >= 11 is 1.75. The van der Waals surface area contributed by atoms with Gasteiger partial charge in [0, 0.05) is 11.6 Å². The summed E-state index contributed by atoms with van der Waals surface area (Å²) in [5, 5.41) is 7.55. The highest BCUT2D eigenvalue weighted by Crippen LogP contribution is 2.23. The molecule has 0 bridgehead atoms. The normalized spacial score (nSPS) is 18.0. The van der Waals surface area contributed by atoms with E-state index in [-0.39, 0.29) is 18.0 Å². The van der Waals surface area contributed by atoms with Crippen molar-refractivity contribution < 1.29 is 10.1 Å². The number of hydrogen-bond acceptors (Lipinski definition) is 2. The third-order valence-corrected chi connectivity index (χ3v) is 5.81. The number of benzene rings is 1. The number of carbonyl (C=O) groups excluding carboxylic acids is 1. The molecule has 0 aliphatic heterocycles. The summed E-state index contributed by atoms with van der Waals surface area (Å²) in [6, 6.07) is 15.2. The van der Waals surface area contributed by atoms with Crippen molar-refractivity contribution in [3.05, 3.63) is 58.3 Å². The van der Waals surface area contributed by atoms with Crippen molar-refractivity contribution in [2.45, 2.75) is 57.2 Å². The van der Waals surface area contributed by atoms with E-state index in [1.807, 2.05) is 13.0 Å². The molecule has 24 heavy (non-hydrogen) atoms. The number of hydrogen-bond donors (Lipinski definition) is 2. The molecule has 2 atom stereocenters. The molecule has 2 aromatic rings. The zero-order valence-electron chi connectivity index (χ0n) is 14.3. The van der Waals surface area contributed by atoms with Gasteiger partial charge in [0.05, 0.1) is 4.88 Å².